The van der Waals surface area contributed by atoms with Gasteiger partial charge in [-0.1, -0.05) is 31.8 Å². The fourth-order valence-corrected chi connectivity index (χ4v) is 1.99. The molecule has 2 rings (SSSR count). The minimum Gasteiger partial charge on any atom is -0.351 e. The quantitative estimate of drug-likeness (QED) is 0.854. The zero-order chi connectivity index (χ0) is 11.5. The highest BCUT2D eigenvalue weighted by Gasteiger charge is 2.20. The minimum absolute atomic E-state index is 0.133. The lowest BCUT2D eigenvalue weighted by atomic mass is 10.1. The van der Waals surface area contributed by atoms with Crippen LogP contribution in [0, 0.1) is 0 Å². The second-order valence-electron chi connectivity index (χ2n) is 4.73. The number of hydrogen-bond donors (Lipinski definition) is 1. The highest BCUT2D eigenvalue weighted by molar-refractivity contribution is 5.91. The zero-order valence-corrected chi connectivity index (χ0v) is 9.82. The molecular weight excluding hydrogens is 204 g/mol. The number of aromatic nitrogens is 1. The molecule has 0 radical (unpaired) electrons. The summed E-state index contributed by atoms with van der Waals surface area (Å²) in [4.78, 5) is 11.8. The molecule has 1 aliphatic rings. The van der Waals surface area contributed by atoms with Crippen LogP contribution < -0.4 is 5.32 Å². The molecular formula is C12H18N2O2. The largest absolute Gasteiger partial charge is 0.351 e. The number of carbonyl (C=O) groups excluding carboxylic acids is 1. The van der Waals surface area contributed by atoms with Gasteiger partial charge in [0.25, 0.3) is 5.91 Å². The predicted molar refractivity (Wildman–Crippen MR) is 60.3 cm³/mol. The summed E-state index contributed by atoms with van der Waals surface area (Å²) >= 11 is 0. The van der Waals surface area contributed by atoms with Crippen molar-refractivity contribution in [2.75, 3.05) is 0 Å². The van der Waals surface area contributed by atoms with E-state index in [4.69, 9.17) is 4.52 Å². The number of rotatable bonds is 3. The summed E-state index contributed by atoms with van der Waals surface area (Å²) in [5, 5.41) is 6.85. The Labute approximate surface area is 95.4 Å². The van der Waals surface area contributed by atoms with Crippen molar-refractivity contribution in [3.05, 3.63) is 17.5 Å². The molecule has 1 aliphatic carbocycles. The fraction of sp³-hybridized carbons (Fsp3) is 0.667. The van der Waals surface area contributed by atoms with Crippen molar-refractivity contribution in [3.63, 3.8) is 0 Å². The molecule has 1 fully saturated rings. The van der Waals surface area contributed by atoms with E-state index < -0.39 is 0 Å². The maximum atomic E-state index is 11.8. The van der Waals surface area contributed by atoms with E-state index in [9.17, 15) is 4.79 Å². The van der Waals surface area contributed by atoms with Gasteiger partial charge < -0.3 is 9.84 Å². The van der Waals surface area contributed by atoms with Crippen LogP contribution in [0.1, 0.15) is 61.7 Å². The lowest BCUT2D eigenvalue weighted by Gasteiger charge is -2.09. The van der Waals surface area contributed by atoms with Gasteiger partial charge in [0.15, 0.2) is 0 Å². The van der Waals surface area contributed by atoms with Gasteiger partial charge in [0.1, 0.15) is 0 Å². The van der Waals surface area contributed by atoms with E-state index in [-0.39, 0.29) is 11.8 Å². The fourth-order valence-electron chi connectivity index (χ4n) is 1.99. The van der Waals surface area contributed by atoms with Crippen LogP contribution in [-0.4, -0.2) is 17.1 Å². The summed E-state index contributed by atoms with van der Waals surface area (Å²) < 4.78 is 5.04. The molecule has 0 aromatic carbocycles. The number of nitrogens with zero attached hydrogens (tertiary/aromatic N) is 1. The van der Waals surface area contributed by atoms with Crippen molar-refractivity contribution in [1.29, 1.82) is 0 Å². The molecule has 0 saturated heterocycles. The standard InChI is InChI=1S/C12H18N2O2/c1-8(2)10-7-11(16-14-10)12(15)13-9-5-3-4-6-9/h7-9H,3-6H2,1-2H3,(H,13,15). The van der Waals surface area contributed by atoms with Gasteiger partial charge in [-0.3, -0.25) is 4.79 Å². The first-order valence-electron chi connectivity index (χ1n) is 5.94. The van der Waals surface area contributed by atoms with Gasteiger partial charge in [0.2, 0.25) is 5.76 Å². The van der Waals surface area contributed by atoms with Crippen LogP contribution in [0.15, 0.2) is 10.6 Å². The lowest BCUT2D eigenvalue weighted by Crippen LogP contribution is -2.32. The van der Waals surface area contributed by atoms with Gasteiger partial charge in [-0.05, 0) is 18.8 Å². The summed E-state index contributed by atoms with van der Waals surface area (Å²) in [6.07, 6.45) is 4.57. The van der Waals surface area contributed by atoms with Crippen LogP contribution >= 0.6 is 0 Å². The van der Waals surface area contributed by atoms with Crippen molar-refractivity contribution >= 4 is 5.91 Å². The first kappa shape index (κ1) is 11.2. The average molecular weight is 222 g/mol. The van der Waals surface area contributed by atoms with Crippen LogP contribution in [0.2, 0.25) is 0 Å². The van der Waals surface area contributed by atoms with Crippen LogP contribution in [0.5, 0.6) is 0 Å². The lowest BCUT2D eigenvalue weighted by molar-refractivity contribution is 0.0900. The van der Waals surface area contributed by atoms with Crippen molar-refractivity contribution in [2.45, 2.75) is 51.5 Å². The van der Waals surface area contributed by atoms with Crippen LogP contribution in [0.4, 0.5) is 0 Å². The first-order chi connectivity index (χ1) is 7.66. The second kappa shape index (κ2) is 4.68. The van der Waals surface area contributed by atoms with Crippen LogP contribution in [0.25, 0.3) is 0 Å². The Bertz CT molecular complexity index is 365. The highest BCUT2D eigenvalue weighted by atomic mass is 16.5. The summed E-state index contributed by atoms with van der Waals surface area (Å²) in [7, 11) is 0. The molecule has 4 heteroatoms. The molecule has 0 bridgehead atoms. The van der Waals surface area contributed by atoms with E-state index in [1.807, 2.05) is 13.8 Å². The molecule has 1 heterocycles. The number of hydrogen-bond acceptors (Lipinski definition) is 3. The SMILES string of the molecule is CC(C)c1cc(C(=O)NC2CCCC2)on1. The molecule has 0 spiro atoms. The Kier molecular flexibility index (Phi) is 3.27. The Balaban J connectivity index is 1.97. The Morgan fingerprint density at radius 2 is 2.19 bits per heavy atom. The van der Waals surface area contributed by atoms with Gasteiger partial charge in [-0.2, -0.15) is 0 Å². The molecule has 16 heavy (non-hydrogen) atoms. The Morgan fingerprint density at radius 3 is 2.75 bits per heavy atom. The summed E-state index contributed by atoms with van der Waals surface area (Å²) in [6.45, 7) is 4.05. The molecule has 0 aliphatic heterocycles. The molecule has 4 nitrogen and oxygen atoms in total. The molecule has 0 atom stereocenters. The molecule has 1 aromatic heterocycles. The van der Waals surface area contributed by atoms with Crippen molar-refractivity contribution in [3.8, 4) is 0 Å². The van der Waals surface area contributed by atoms with Gasteiger partial charge in [0, 0.05) is 12.1 Å². The third-order valence-electron chi connectivity index (χ3n) is 3.03. The first-order valence-corrected chi connectivity index (χ1v) is 5.94. The smallest absolute Gasteiger partial charge is 0.290 e. The summed E-state index contributed by atoms with van der Waals surface area (Å²) in [5.74, 6) is 0.485. The minimum atomic E-state index is -0.133. The Hall–Kier alpha value is -1.32. The molecule has 1 aromatic rings. The monoisotopic (exact) mass is 222 g/mol. The van der Waals surface area contributed by atoms with Gasteiger partial charge in [-0.25, -0.2) is 0 Å². The van der Waals surface area contributed by atoms with Gasteiger partial charge in [0.05, 0.1) is 5.69 Å². The van der Waals surface area contributed by atoms with Crippen molar-refractivity contribution in [1.82, 2.24) is 10.5 Å². The van der Waals surface area contributed by atoms with Crippen molar-refractivity contribution in [2.24, 2.45) is 0 Å². The molecule has 1 N–H and O–H groups in total. The van der Waals surface area contributed by atoms with E-state index in [2.05, 4.69) is 10.5 Å². The number of nitrogens with one attached hydrogen (secondary N) is 1. The highest BCUT2D eigenvalue weighted by Crippen LogP contribution is 2.19. The van der Waals surface area contributed by atoms with Gasteiger partial charge in [-0.15, -0.1) is 0 Å². The maximum absolute atomic E-state index is 11.8. The van der Waals surface area contributed by atoms with E-state index in [0.717, 1.165) is 18.5 Å². The topological polar surface area (TPSA) is 55.1 Å². The predicted octanol–water partition coefficient (Wildman–Crippen LogP) is 2.47. The van der Waals surface area contributed by atoms with E-state index in [1.54, 1.807) is 6.07 Å². The van der Waals surface area contributed by atoms with E-state index >= 15 is 0 Å². The number of amides is 1. The van der Waals surface area contributed by atoms with E-state index in [0.29, 0.717) is 11.8 Å². The zero-order valence-electron chi connectivity index (χ0n) is 9.82. The molecule has 1 saturated carbocycles. The molecule has 1 amide bonds. The summed E-state index contributed by atoms with van der Waals surface area (Å²) in [6, 6.07) is 2.05. The average Bonchev–Trinajstić information content (AvgIpc) is 2.86. The second-order valence-corrected chi connectivity index (χ2v) is 4.73. The Morgan fingerprint density at radius 1 is 1.50 bits per heavy atom. The summed E-state index contributed by atoms with van der Waals surface area (Å²) in [5.41, 5.74) is 0.830. The van der Waals surface area contributed by atoms with Gasteiger partial charge >= 0.3 is 0 Å². The normalized spacial score (nSPS) is 16.9. The molecule has 0 unspecified atom stereocenters. The third kappa shape index (κ3) is 2.43. The third-order valence-corrected chi connectivity index (χ3v) is 3.03. The van der Waals surface area contributed by atoms with E-state index in [1.165, 1.54) is 12.8 Å². The molecule has 88 valence electrons. The van der Waals surface area contributed by atoms with Crippen molar-refractivity contribution < 1.29 is 9.32 Å². The van der Waals surface area contributed by atoms with Crippen LogP contribution in [0.3, 0.4) is 0 Å². The van der Waals surface area contributed by atoms with Crippen LogP contribution in [-0.2, 0) is 0 Å². The number of carbonyl (C=O) groups is 1. The maximum Gasteiger partial charge on any atom is 0.290 e.